The van der Waals surface area contributed by atoms with Crippen molar-refractivity contribution in [3.05, 3.63) is 59.7 Å². The molecule has 0 heterocycles. The molecule has 5 heteroatoms. The van der Waals surface area contributed by atoms with Gasteiger partial charge in [-0.25, -0.2) is 0 Å². The van der Waals surface area contributed by atoms with Crippen molar-refractivity contribution in [3.8, 4) is 0 Å². The molecule has 2 rings (SSSR count). The number of hydrogen-bond acceptors (Lipinski definition) is 3. The molecule has 0 atom stereocenters. The van der Waals surface area contributed by atoms with Gasteiger partial charge in [-0.1, -0.05) is 32.0 Å². The third-order valence-corrected chi connectivity index (χ3v) is 3.41. The molecule has 0 saturated carbocycles. The van der Waals surface area contributed by atoms with E-state index in [1.165, 1.54) is 0 Å². The Kier molecular flexibility index (Phi) is 5.95. The van der Waals surface area contributed by atoms with Crippen molar-refractivity contribution in [2.45, 2.75) is 26.8 Å². The van der Waals surface area contributed by atoms with Crippen LogP contribution in [-0.2, 0) is 11.3 Å². The number of anilines is 2. The molecule has 0 aliphatic heterocycles. The number of benzene rings is 2. The summed E-state index contributed by atoms with van der Waals surface area (Å²) >= 11 is 0. The van der Waals surface area contributed by atoms with Crippen LogP contribution < -0.4 is 16.4 Å². The normalized spacial score (nSPS) is 10.5. The summed E-state index contributed by atoms with van der Waals surface area (Å²) in [6.07, 6.45) is 0.483. The predicted octanol–water partition coefficient (Wildman–Crippen LogP) is 3.18. The minimum atomic E-state index is -0.184. The molecule has 0 spiro atoms. The predicted molar refractivity (Wildman–Crippen MR) is 96.6 cm³/mol. The first-order chi connectivity index (χ1) is 11.4. The zero-order valence-electron chi connectivity index (χ0n) is 14.0. The fourth-order valence-electron chi connectivity index (χ4n) is 2.31. The van der Waals surface area contributed by atoms with Crippen molar-refractivity contribution in [2.24, 2.45) is 5.92 Å². The van der Waals surface area contributed by atoms with Crippen LogP contribution in [0.25, 0.3) is 0 Å². The molecule has 0 fully saturated rings. The van der Waals surface area contributed by atoms with Gasteiger partial charge in [0, 0.05) is 29.9 Å². The highest BCUT2D eigenvalue weighted by molar-refractivity contribution is 5.95. The zero-order chi connectivity index (χ0) is 17.5. The highest BCUT2D eigenvalue weighted by Crippen LogP contribution is 2.13. The molecule has 0 saturated heterocycles. The average molecular weight is 325 g/mol. The van der Waals surface area contributed by atoms with Crippen molar-refractivity contribution < 1.29 is 9.59 Å². The Hall–Kier alpha value is -2.82. The number of hydrogen-bond donors (Lipinski definition) is 3. The Morgan fingerprint density at radius 1 is 1.08 bits per heavy atom. The van der Waals surface area contributed by atoms with Crippen molar-refractivity contribution in [3.63, 3.8) is 0 Å². The summed E-state index contributed by atoms with van der Waals surface area (Å²) in [5, 5.41) is 5.72. The van der Waals surface area contributed by atoms with E-state index in [-0.39, 0.29) is 11.8 Å². The molecule has 24 heavy (non-hydrogen) atoms. The highest BCUT2D eigenvalue weighted by atomic mass is 16.2. The first-order valence-electron chi connectivity index (χ1n) is 7.96. The second kappa shape index (κ2) is 8.15. The van der Waals surface area contributed by atoms with Crippen LogP contribution in [0.5, 0.6) is 0 Å². The van der Waals surface area contributed by atoms with E-state index in [0.717, 1.165) is 11.3 Å². The monoisotopic (exact) mass is 325 g/mol. The van der Waals surface area contributed by atoms with Gasteiger partial charge in [-0.15, -0.1) is 0 Å². The van der Waals surface area contributed by atoms with Crippen LogP contribution >= 0.6 is 0 Å². The van der Waals surface area contributed by atoms with E-state index in [9.17, 15) is 9.59 Å². The SMILES string of the molecule is CC(C)CC(=O)Nc1cccc(CNC(=O)c2cccc(N)c2)c1. The first kappa shape index (κ1) is 17.5. The lowest BCUT2D eigenvalue weighted by molar-refractivity contribution is -0.116. The molecular formula is C19H23N3O2. The van der Waals surface area contributed by atoms with Gasteiger partial charge >= 0.3 is 0 Å². The van der Waals surface area contributed by atoms with Gasteiger partial charge in [-0.2, -0.15) is 0 Å². The van der Waals surface area contributed by atoms with E-state index in [4.69, 9.17) is 5.73 Å². The second-order valence-electron chi connectivity index (χ2n) is 6.15. The molecule has 126 valence electrons. The summed E-state index contributed by atoms with van der Waals surface area (Å²) in [4.78, 5) is 23.9. The second-order valence-corrected chi connectivity index (χ2v) is 6.15. The van der Waals surface area contributed by atoms with E-state index in [1.807, 2.05) is 38.1 Å². The summed E-state index contributed by atoms with van der Waals surface area (Å²) < 4.78 is 0. The van der Waals surface area contributed by atoms with Crippen LogP contribution in [0, 0.1) is 5.92 Å². The highest BCUT2D eigenvalue weighted by Gasteiger charge is 2.07. The Labute approximate surface area is 142 Å². The fraction of sp³-hybridized carbons (Fsp3) is 0.263. The smallest absolute Gasteiger partial charge is 0.251 e. The van der Waals surface area contributed by atoms with Gasteiger partial charge in [0.05, 0.1) is 0 Å². The fourth-order valence-corrected chi connectivity index (χ4v) is 2.31. The van der Waals surface area contributed by atoms with Gasteiger partial charge in [0.15, 0.2) is 0 Å². The Morgan fingerprint density at radius 3 is 2.54 bits per heavy atom. The third-order valence-electron chi connectivity index (χ3n) is 3.41. The third kappa shape index (κ3) is 5.43. The quantitative estimate of drug-likeness (QED) is 0.713. The molecular weight excluding hydrogens is 302 g/mol. The molecule has 2 amide bonds. The molecule has 5 nitrogen and oxygen atoms in total. The summed E-state index contributed by atoms with van der Waals surface area (Å²) in [5.41, 5.74) is 8.41. The average Bonchev–Trinajstić information content (AvgIpc) is 2.52. The number of rotatable bonds is 6. The molecule has 0 bridgehead atoms. The minimum Gasteiger partial charge on any atom is -0.399 e. The maximum Gasteiger partial charge on any atom is 0.251 e. The number of nitrogen functional groups attached to an aromatic ring is 1. The lowest BCUT2D eigenvalue weighted by atomic mass is 10.1. The molecule has 4 N–H and O–H groups in total. The minimum absolute atomic E-state index is 0.00838. The Morgan fingerprint density at radius 2 is 1.83 bits per heavy atom. The van der Waals surface area contributed by atoms with Crippen LogP contribution in [-0.4, -0.2) is 11.8 Å². The Balaban J connectivity index is 1.94. The maximum atomic E-state index is 12.1. The number of carbonyl (C=O) groups is 2. The van der Waals surface area contributed by atoms with Gasteiger partial charge in [-0.05, 0) is 41.8 Å². The molecule has 2 aromatic carbocycles. The maximum absolute atomic E-state index is 12.1. The van der Waals surface area contributed by atoms with Crippen molar-refractivity contribution in [1.82, 2.24) is 5.32 Å². The van der Waals surface area contributed by atoms with Crippen LogP contribution in [0.1, 0.15) is 36.2 Å². The lowest BCUT2D eigenvalue weighted by Crippen LogP contribution is -2.23. The molecule has 0 radical (unpaired) electrons. The van der Waals surface area contributed by atoms with E-state index in [1.54, 1.807) is 24.3 Å². The summed E-state index contributed by atoms with van der Waals surface area (Å²) in [6.45, 7) is 4.38. The largest absolute Gasteiger partial charge is 0.399 e. The topological polar surface area (TPSA) is 84.2 Å². The van der Waals surface area contributed by atoms with Crippen LogP contribution in [0.15, 0.2) is 48.5 Å². The number of carbonyl (C=O) groups excluding carboxylic acids is 2. The lowest BCUT2D eigenvalue weighted by Gasteiger charge is -2.10. The standard InChI is InChI=1S/C19H23N3O2/c1-13(2)9-18(23)22-17-8-3-5-14(10-17)12-21-19(24)15-6-4-7-16(20)11-15/h3-8,10-11,13H,9,12,20H2,1-2H3,(H,21,24)(H,22,23). The van der Waals surface area contributed by atoms with Gasteiger partial charge < -0.3 is 16.4 Å². The Bertz CT molecular complexity index is 726. The zero-order valence-corrected chi connectivity index (χ0v) is 14.0. The van der Waals surface area contributed by atoms with Crippen molar-refractivity contribution in [1.29, 1.82) is 0 Å². The number of amides is 2. The van der Waals surface area contributed by atoms with Gasteiger partial charge in [0.2, 0.25) is 5.91 Å². The van der Waals surface area contributed by atoms with Crippen molar-refractivity contribution in [2.75, 3.05) is 11.1 Å². The van der Waals surface area contributed by atoms with E-state index in [2.05, 4.69) is 10.6 Å². The summed E-state index contributed by atoms with van der Waals surface area (Å²) in [7, 11) is 0. The van der Waals surface area contributed by atoms with Crippen LogP contribution in [0.3, 0.4) is 0 Å². The molecule has 0 aliphatic carbocycles. The molecule has 0 unspecified atom stereocenters. The number of nitrogens with one attached hydrogen (secondary N) is 2. The van der Waals surface area contributed by atoms with E-state index >= 15 is 0 Å². The summed E-state index contributed by atoms with van der Waals surface area (Å²) in [6, 6.07) is 14.3. The molecule has 2 aromatic rings. The van der Waals surface area contributed by atoms with E-state index < -0.39 is 0 Å². The van der Waals surface area contributed by atoms with Crippen LogP contribution in [0.4, 0.5) is 11.4 Å². The first-order valence-corrected chi connectivity index (χ1v) is 7.96. The van der Waals surface area contributed by atoms with Gasteiger partial charge in [0.1, 0.15) is 0 Å². The number of nitrogens with two attached hydrogens (primary N) is 1. The van der Waals surface area contributed by atoms with Crippen molar-refractivity contribution >= 4 is 23.2 Å². The summed E-state index contributed by atoms with van der Waals surface area (Å²) in [5.74, 6) is 0.119. The van der Waals surface area contributed by atoms with Crippen LogP contribution in [0.2, 0.25) is 0 Å². The van der Waals surface area contributed by atoms with Gasteiger partial charge in [0.25, 0.3) is 5.91 Å². The molecule has 0 aromatic heterocycles. The van der Waals surface area contributed by atoms with Gasteiger partial charge in [-0.3, -0.25) is 9.59 Å². The molecule has 0 aliphatic rings. The van der Waals surface area contributed by atoms with E-state index in [0.29, 0.717) is 30.1 Å².